The highest BCUT2D eigenvalue weighted by molar-refractivity contribution is 6.34. The van der Waals surface area contributed by atoms with Gasteiger partial charge < -0.3 is 0 Å². The fourth-order valence-electron chi connectivity index (χ4n) is 2.14. The Morgan fingerprint density at radius 3 is 2.50 bits per heavy atom. The average Bonchev–Trinajstić information content (AvgIpc) is 2.87. The third kappa shape index (κ3) is 2.34. The zero-order chi connectivity index (χ0) is 15.7. The quantitative estimate of drug-likeness (QED) is 0.705. The van der Waals surface area contributed by atoms with Crippen LogP contribution in [-0.4, -0.2) is 9.78 Å². The van der Waals surface area contributed by atoms with E-state index in [9.17, 15) is 8.78 Å². The van der Waals surface area contributed by atoms with E-state index in [1.165, 1.54) is 4.68 Å². The molecule has 3 nitrogen and oxygen atoms in total. The van der Waals surface area contributed by atoms with Crippen molar-refractivity contribution in [1.29, 1.82) is 5.26 Å². The van der Waals surface area contributed by atoms with Crippen molar-refractivity contribution in [2.75, 3.05) is 0 Å². The van der Waals surface area contributed by atoms with Crippen LogP contribution in [0.4, 0.5) is 8.78 Å². The lowest BCUT2D eigenvalue weighted by atomic mass is 10.1. The lowest BCUT2D eigenvalue weighted by Gasteiger charge is -2.09. The van der Waals surface area contributed by atoms with Crippen LogP contribution in [0.15, 0.2) is 48.5 Å². The normalized spacial score (nSPS) is 10.5. The molecule has 0 unspecified atom stereocenters. The highest BCUT2D eigenvalue weighted by atomic mass is 35.5. The fraction of sp³-hybridized carbons (Fsp3) is 0. The minimum atomic E-state index is -0.648. The van der Waals surface area contributed by atoms with Crippen molar-refractivity contribution >= 4 is 11.6 Å². The van der Waals surface area contributed by atoms with Crippen molar-refractivity contribution in [3.05, 3.63) is 70.9 Å². The van der Waals surface area contributed by atoms with Gasteiger partial charge >= 0.3 is 0 Å². The first kappa shape index (κ1) is 14.2. The molecule has 22 heavy (non-hydrogen) atoms. The number of rotatable bonds is 2. The number of aromatic nitrogens is 2. The van der Waals surface area contributed by atoms with E-state index in [-0.39, 0.29) is 22.0 Å². The van der Waals surface area contributed by atoms with Gasteiger partial charge in [-0.05, 0) is 30.3 Å². The van der Waals surface area contributed by atoms with Crippen molar-refractivity contribution in [3.63, 3.8) is 0 Å². The van der Waals surface area contributed by atoms with E-state index >= 15 is 0 Å². The number of halogens is 3. The van der Waals surface area contributed by atoms with E-state index in [2.05, 4.69) is 5.10 Å². The third-order valence-electron chi connectivity index (χ3n) is 3.12. The standard InChI is InChI=1S/C16H8ClF2N3/c17-15-14(9-20)21-22(11-4-2-1-3-5-11)16(15)12-8-10(18)6-7-13(12)19/h1-8H. The topological polar surface area (TPSA) is 41.6 Å². The van der Waals surface area contributed by atoms with Crippen molar-refractivity contribution in [3.8, 4) is 23.0 Å². The second kappa shape index (κ2) is 5.58. The molecule has 108 valence electrons. The van der Waals surface area contributed by atoms with Gasteiger partial charge in [-0.1, -0.05) is 29.8 Å². The molecule has 0 aliphatic heterocycles. The van der Waals surface area contributed by atoms with Crippen LogP contribution in [0.25, 0.3) is 16.9 Å². The fourth-order valence-corrected chi connectivity index (χ4v) is 2.40. The van der Waals surface area contributed by atoms with Crippen molar-refractivity contribution in [1.82, 2.24) is 9.78 Å². The Morgan fingerprint density at radius 1 is 1.09 bits per heavy atom. The van der Waals surface area contributed by atoms with Gasteiger partial charge in [-0.2, -0.15) is 10.4 Å². The molecular weight excluding hydrogens is 308 g/mol. The van der Waals surface area contributed by atoms with Gasteiger partial charge in [-0.3, -0.25) is 0 Å². The molecular formula is C16H8ClF2N3. The first-order valence-corrected chi connectivity index (χ1v) is 6.69. The molecule has 0 atom stereocenters. The first-order chi connectivity index (χ1) is 10.6. The van der Waals surface area contributed by atoms with E-state index in [4.69, 9.17) is 16.9 Å². The van der Waals surface area contributed by atoms with Crippen LogP contribution in [0.3, 0.4) is 0 Å². The molecule has 6 heteroatoms. The maximum atomic E-state index is 14.1. The summed E-state index contributed by atoms with van der Waals surface area (Å²) in [5.74, 6) is -1.25. The SMILES string of the molecule is N#Cc1nn(-c2ccccc2)c(-c2cc(F)ccc2F)c1Cl. The van der Waals surface area contributed by atoms with E-state index < -0.39 is 11.6 Å². The molecule has 2 aromatic carbocycles. The summed E-state index contributed by atoms with van der Waals surface area (Å²) in [5, 5.41) is 13.2. The van der Waals surface area contributed by atoms with Gasteiger partial charge in [-0.15, -0.1) is 0 Å². The van der Waals surface area contributed by atoms with E-state index in [1.807, 2.05) is 12.1 Å². The van der Waals surface area contributed by atoms with Crippen LogP contribution < -0.4 is 0 Å². The summed E-state index contributed by atoms with van der Waals surface area (Å²) in [4.78, 5) is 0. The minimum absolute atomic E-state index is 0.0177. The minimum Gasteiger partial charge on any atom is -0.230 e. The van der Waals surface area contributed by atoms with Crippen LogP contribution in [-0.2, 0) is 0 Å². The zero-order valence-corrected chi connectivity index (χ0v) is 11.9. The molecule has 0 radical (unpaired) electrons. The van der Waals surface area contributed by atoms with Crippen LogP contribution in [0, 0.1) is 23.0 Å². The highest BCUT2D eigenvalue weighted by Crippen LogP contribution is 2.34. The lowest BCUT2D eigenvalue weighted by molar-refractivity contribution is 0.602. The number of nitrogens with zero attached hydrogens (tertiary/aromatic N) is 3. The molecule has 1 heterocycles. The molecule has 0 saturated heterocycles. The maximum absolute atomic E-state index is 14.1. The summed E-state index contributed by atoms with van der Waals surface area (Å²) >= 11 is 6.14. The Bertz CT molecular complexity index is 882. The van der Waals surface area contributed by atoms with Gasteiger partial charge in [0.1, 0.15) is 22.7 Å². The first-order valence-electron chi connectivity index (χ1n) is 6.31. The van der Waals surface area contributed by atoms with Gasteiger partial charge in [0, 0.05) is 5.56 Å². The number of para-hydroxylation sites is 1. The summed E-state index contributed by atoms with van der Waals surface area (Å²) < 4.78 is 28.9. The summed E-state index contributed by atoms with van der Waals surface area (Å²) in [7, 11) is 0. The Kier molecular flexibility index (Phi) is 3.61. The number of nitriles is 1. The molecule has 0 saturated carbocycles. The molecule has 0 spiro atoms. The Morgan fingerprint density at radius 2 is 1.82 bits per heavy atom. The van der Waals surface area contributed by atoms with Crippen molar-refractivity contribution in [2.24, 2.45) is 0 Å². The lowest BCUT2D eigenvalue weighted by Crippen LogP contribution is -2.00. The van der Waals surface area contributed by atoms with Gasteiger partial charge in [0.05, 0.1) is 11.4 Å². The summed E-state index contributed by atoms with van der Waals surface area (Å²) in [6, 6.07) is 13.7. The van der Waals surface area contributed by atoms with E-state index in [0.717, 1.165) is 18.2 Å². The smallest absolute Gasteiger partial charge is 0.182 e. The number of hydrogen-bond donors (Lipinski definition) is 0. The van der Waals surface area contributed by atoms with E-state index in [1.54, 1.807) is 24.3 Å². The van der Waals surface area contributed by atoms with Gasteiger partial charge in [0.2, 0.25) is 0 Å². The molecule has 0 aliphatic carbocycles. The molecule has 0 amide bonds. The molecule has 1 aromatic heterocycles. The number of hydrogen-bond acceptors (Lipinski definition) is 2. The Hall–Kier alpha value is -2.71. The Labute approximate surface area is 130 Å². The molecule has 0 aliphatic rings. The third-order valence-corrected chi connectivity index (χ3v) is 3.48. The second-order valence-corrected chi connectivity index (χ2v) is 4.87. The predicted octanol–water partition coefficient (Wildman–Crippen LogP) is 4.34. The molecule has 3 rings (SSSR count). The van der Waals surface area contributed by atoms with Crippen LogP contribution >= 0.6 is 11.6 Å². The average molecular weight is 316 g/mol. The highest BCUT2D eigenvalue weighted by Gasteiger charge is 2.21. The van der Waals surface area contributed by atoms with Gasteiger partial charge in [-0.25, -0.2) is 13.5 Å². The van der Waals surface area contributed by atoms with Gasteiger partial charge in [0.15, 0.2) is 5.69 Å². The second-order valence-electron chi connectivity index (χ2n) is 4.49. The monoisotopic (exact) mass is 315 g/mol. The largest absolute Gasteiger partial charge is 0.230 e. The molecule has 0 fully saturated rings. The van der Waals surface area contributed by atoms with Crippen molar-refractivity contribution in [2.45, 2.75) is 0 Å². The summed E-state index contributed by atoms with van der Waals surface area (Å²) in [6.45, 7) is 0. The summed E-state index contributed by atoms with van der Waals surface area (Å²) in [6.07, 6.45) is 0. The Balaban J connectivity index is 2.34. The van der Waals surface area contributed by atoms with Crippen LogP contribution in [0.2, 0.25) is 5.02 Å². The maximum Gasteiger partial charge on any atom is 0.182 e. The number of benzene rings is 2. The van der Waals surface area contributed by atoms with Crippen molar-refractivity contribution < 1.29 is 8.78 Å². The van der Waals surface area contributed by atoms with E-state index in [0.29, 0.717) is 5.69 Å². The summed E-state index contributed by atoms with van der Waals surface area (Å²) in [5.41, 5.74) is 0.623. The molecule has 3 aromatic rings. The molecule has 0 bridgehead atoms. The molecule has 0 N–H and O–H groups in total. The van der Waals surface area contributed by atoms with Gasteiger partial charge in [0.25, 0.3) is 0 Å². The predicted molar refractivity (Wildman–Crippen MR) is 78.6 cm³/mol. The zero-order valence-electron chi connectivity index (χ0n) is 11.1. The van der Waals surface area contributed by atoms with Crippen LogP contribution in [0.5, 0.6) is 0 Å². The van der Waals surface area contributed by atoms with Crippen LogP contribution in [0.1, 0.15) is 5.69 Å².